The van der Waals surface area contributed by atoms with E-state index >= 15 is 0 Å². The normalized spacial score (nSPS) is 17.4. The summed E-state index contributed by atoms with van der Waals surface area (Å²) in [6.07, 6.45) is -1.29. The predicted octanol–water partition coefficient (Wildman–Crippen LogP) is 5.00. The SMILES string of the molecule is CC(=O)Nc1cc(Oc2ccc3c(c2)CC(C(=O)Nc2ccc(CN4CCNCC4)c(C(F)(F)F)c2)CC3)ccn1. The minimum absolute atomic E-state index is 0.141. The molecule has 216 valence electrons. The Kier molecular flexibility index (Phi) is 8.55. The molecule has 2 aromatic carbocycles. The summed E-state index contributed by atoms with van der Waals surface area (Å²) in [6.45, 7) is 4.47. The van der Waals surface area contributed by atoms with Gasteiger partial charge in [-0.2, -0.15) is 13.2 Å². The lowest BCUT2D eigenvalue weighted by Crippen LogP contribution is -2.43. The summed E-state index contributed by atoms with van der Waals surface area (Å²) < 4.78 is 47.8. The quantitative estimate of drug-likeness (QED) is 0.372. The van der Waals surface area contributed by atoms with E-state index in [0.29, 0.717) is 49.7 Å². The van der Waals surface area contributed by atoms with Crippen LogP contribution in [0.3, 0.4) is 0 Å². The highest BCUT2D eigenvalue weighted by Gasteiger charge is 2.34. The number of hydrogen-bond donors (Lipinski definition) is 3. The van der Waals surface area contributed by atoms with Crippen molar-refractivity contribution in [3.63, 3.8) is 0 Å². The second-order valence-corrected chi connectivity index (χ2v) is 10.4. The lowest BCUT2D eigenvalue weighted by atomic mass is 9.83. The van der Waals surface area contributed by atoms with Crippen LogP contribution in [0.15, 0.2) is 54.7 Å². The number of piperazine rings is 1. The number of benzene rings is 2. The number of rotatable bonds is 7. The van der Waals surface area contributed by atoms with Crippen molar-refractivity contribution in [3.8, 4) is 11.5 Å². The molecule has 1 unspecified atom stereocenters. The maximum atomic E-state index is 13.9. The smallest absolute Gasteiger partial charge is 0.416 e. The summed E-state index contributed by atoms with van der Waals surface area (Å²) in [4.78, 5) is 30.6. The predicted molar refractivity (Wildman–Crippen MR) is 149 cm³/mol. The van der Waals surface area contributed by atoms with Crippen LogP contribution in [0.1, 0.15) is 35.6 Å². The summed E-state index contributed by atoms with van der Waals surface area (Å²) in [5, 5.41) is 8.54. The van der Waals surface area contributed by atoms with Crippen molar-refractivity contribution < 1.29 is 27.5 Å². The number of anilines is 2. The lowest BCUT2D eigenvalue weighted by molar-refractivity contribution is -0.138. The zero-order valence-corrected chi connectivity index (χ0v) is 22.7. The molecule has 11 heteroatoms. The average Bonchev–Trinajstić information content (AvgIpc) is 2.93. The third-order valence-electron chi connectivity index (χ3n) is 7.33. The fraction of sp³-hybridized carbons (Fsp3) is 0.367. The van der Waals surface area contributed by atoms with Gasteiger partial charge in [0.1, 0.15) is 17.3 Å². The highest BCUT2D eigenvalue weighted by Crippen LogP contribution is 2.36. The zero-order chi connectivity index (χ0) is 29.0. The number of ether oxygens (including phenoxy) is 1. The van der Waals surface area contributed by atoms with Crippen molar-refractivity contribution in [2.24, 2.45) is 5.92 Å². The van der Waals surface area contributed by atoms with Crippen molar-refractivity contribution in [1.29, 1.82) is 0 Å². The second-order valence-electron chi connectivity index (χ2n) is 10.4. The molecule has 1 saturated heterocycles. The van der Waals surface area contributed by atoms with E-state index in [2.05, 4.69) is 20.9 Å². The molecular formula is C30H32F3N5O3. The maximum absolute atomic E-state index is 13.9. The minimum Gasteiger partial charge on any atom is -0.457 e. The summed E-state index contributed by atoms with van der Waals surface area (Å²) in [5.74, 6) is 0.497. The Hall–Kier alpha value is -3.96. The average molecular weight is 568 g/mol. The minimum atomic E-state index is -4.53. The Morgan fingerprint density at radius 3 is 2.56 bits per heavy atom. The molecule has 1 atom stereocenters. The van der Waals surface area contributed by atoms with Crippen LogP contribution < -0.4 is 20.7 Å². The van der Waals surface area contributed by atoms with Crippen LogP contribution in [0.5, 0.6) is 11.5 Å². The first kappa shape index (κ1) is 28.6. The van der Waals surface area contributed by atoms with Crippen LogP contribution in [0.4, 0.5) is 24.7 Å². The van der Waals surface area contributed by atoms with Crippen molar-refractivity contribution in [2.45, 2.75) is 38.9 Å². The maximum Gasteiger partial charge on any atom is 0.416 e. The number of carbonyl (C=O) groups excluding carboxylic acids is 2. The van der Waals surface area contributed by atoms with Gasteiger partial charge >= 0.3 is 6.18 Å². The summed E-state index contributed by atoms with van der Waals surface area (Å²) in [5.41, 5.74) is 1.68. The Morgan fingerprint density at radius 1 is 1.02 bits per heavy atom. The molecular weight excluding hydrogens is 535 g/mol. The number of nitrogens with one attached hydrogen (secondary N) is 3. The number of carbonyl (C=O) groups is 2. The third-order valence-corrected chi connectivity index (χ3v) is 7.33. The first-order chi connectivity index (χ1) is 19.6. The van der Waals surface area contributed by atoms with Gasteiger partial charge in [0.25, 0.3) is 0 Å². The Morgan fingerprint density at radius 2 is 1.80 bits per heavy atom. The number of fused-ring (bicyclic) bond motifs is 1. The molecule has 41 heavy (non-hydrogen) atoms. The number of hydrogen-bond acceptors (Lipinski definition) is 6. The van der Waals surface area contributed by atoms with E-state index < -0.39 is 11.7 Å². The van der Waals surface area contributed by atoms with Crippen LogP contribution in [-0.4, -0.2) is 47.9 Å². The van der Waals surface area contributed by atoms with E-state index in [1.54, 1.807) is 18.2 Å². The molecule has 3 N–H and O–H groups in total. The molecule has 2 aliphatic rings. The van der Waals surface area contributed by atoms with Crippen molar-refractivity contribution in [3.05, 3.63) is 77.0 Å². The first-order valence-corrected chi connectivity index (χ1v) is 13.6. The molecule has 1 aromatic heterocycles. The van der Waals surface area contributed by atoms with Crippen LogP contribution >= 0.6 is 0 Å². The summed E-state index contributed by atoms with van der Waals surface area (Å²) in [7, 11) is 0. The largest absolute Gasteiger partial charge is 0.457 e. The van der Waals surface area contributed by atoms with Crippen molar-refractivity contribution in [2.75, 3.05) is 36.8 Å². The van der Waals surface area contributed by atoms with Crippen LogP contribution in [0.25, 0.3) is 0 Å². The van der Waals surface area contributed by atoms with Gasteiger partial charge in [-0.15, -0.1) is 0 Å². The number of alkyl halides is 3. The Labute approximate surface area is 236 Å². The number of halogens is 3. The molecule has 0 spiro atoms. The van der Waals surface area contributed by atoms with Gasteiger partial charge in [-0.05, 0) is 66.3 Å². The van der Waals surface area contributed by atoms with Crippen LogP contribution in [0.2, 0.25) is 0 Å². The number of pyridine rings is 1. The number of amides is 2. The fourth-order valence-electron chi connectivity index (χ4n) is 5.29. The van der Waals surface area contributed by atoms with E-state index in [9.17, 15) is 22.8 Å². The van der Waals surface area contributed by atoms with E-state index in [1.807, 2.05) is 23.1 Å². The van der Waals surface area contributed by atoms with Gasteiger partial charge < -0.3 is 20.7 Å². The topological polar surface area (TPSA) is 95.6 Å². The molecule has 0 saturated carbocycles. The molecule has 1 fully saturated rings. The number of aromatic nitrogens is 1. The fourth-order valence-corrected chi connectivity index (χ4v) is 5.29. The van der Waals surface area contributed by atoms with Crippen molar-refractivity contribution in [1.82, 2.24) is 15.2 Å². The molecule has 2 heterocycles. The van der Waals surface area contributed by atoms with E-state index in [4.69, 9.17) is 4.74 Å². The van der Waals surface area contributed by atoms with Gasteiger partial charge in [0.2, 0.25) is 11.8 Å². The monoisotopic (exact) mass is 567 g/mol. The highest BCUT2D eigenvalue weighted by molar-refractivity contribution is 5.93. The van der Waals surface area contributed by atoms with E-state index in [0.717, 1.165) is 30.3 Å². The number of aryl methyl sites for hydroxylation is 1. The van der Waals surface area contributed by atoms with Gasteiger partial charge in [0, 0.05) is 63.5 Å². The zero-order valence-electron chi connectivity index (χ0n) is 22.7. The molecule has 2 amide bonds. The van der Waals surface area contributed by atoms with Gasteiger partial charge in [-0.3, -0.25) is 14.5 Å². The Balaban J connectivity index is 1.26. The van der Waals surface area contributed by atoms with Gasteiger partial charge in [-0.1, -0.05) is 12.1 Å². The molecule has 0 radical (unpaired) electrons. The van der Waals surface area contributed by atoms with Crippen LogP contribution in [0, 0.1) is 5.92 Å². The highest BCUT2D eigenvalue weighted by atomic mass is 19.4. The van der Waals surface area contributed by atoms with Gasteiger partial charge in [0.05, 0.1) is 5.56 Å². The first-order valence-electron chi connectivity index (χ1n) is 13.6. The molecule has 3 aromatic rings. The molecule has 8 nitrogen and oxygen atoms in total. The summed E-state index contributed by atoms with van der Waals surface area (Å²) >= 11 is 0. The van der Waals surface area contributed by atoms with E-state index in [-0.39, 0.29) is 35.5 Å². The summed E-state index contributed by atoms with van der Waals surface area (Å²) in [6, 6.07) is 13.0. The lowest BCUT2D eigenvalue weighted by Gasteiger charge is -2.28. The molecule has 1 aliphatic carbocycles. The Bertz CT molecular complexity index is 1420. The van der Waals surface area contributed by atoms with Gasteiger partial charge in [-0.25, -0.2) is 4.98 Å². The standard InChI is InChI=1S/C30H32F3N5O3/c1-19(39)36-28-17-26(8-9-35-28)41-25-7-5-20-2-3-21(14-23(20)15-25)29(40)37-24-6-4-22(27(16-24)30(31,32)33)18-38-12-10-34-11-13-38/h4-9,15-17,21,34H,2-3,10-14,18H2,1H3,(H,37,40)(H,35,36,39). The third kappa shape index (κ3) is 7.42. The molecule has 1 aliphatic heterocycles. The number of nitrogens with zero attached hydrogens (tertiary/aromatic N) is 2. The van der Waals surface area contributed by atoms with Crippen molar-refractivity contribution >= 4 is 23.3 Å². The van der Waals surface area contributed by atoms with E-state index in [1.165, 1.54) is 19.2 Å². The van der Waals surface area contributed by atoms with Gasteiger partial charge in [0.15, 0.2) is 0 Å². The van der Waals surface area contributed by atoms with Crippen LogP contribution in [-0.2, 0) is 35.2 Å². The molecule has 5 rings (SSSR count). The molecule has 0 bridgehead atoms. The second kappa shape index (κ2) is 12.3.